The van der Waals surface area contributed by atoms with Crippen LogP contribution in [-0.2, 0) is 0 Å². The maximum Gasteiger partial charge on any atom is 0.194 e. The molecule has 0 amide bonds. The topological polar surface area (TPSA) is 75.7 Å². The van der Waals surface area contributed by atoms with Gasteiger partial charge in [0.05, 0.1) is 13.2 Å². The van der Waals surface area contributed by atoms with Crippen LogP contribution in [0.3, 0.4) is 0 Å². The number of aliphatic hydroxyl groups excluding tert-OH is 1. The molecule has 1 rings (SSSR count). The number of aromatic hydroxyl groups is 1. The molecule has 78 valence electrons. The second-order valence-electron chi connectivity index (χ2n) is 2.81. The molecule has 0 aromatic heterocycles. The van der Waals surface area contributed by atoms with Crippen LogP contribution in [-0.4, -0.2) is 23.9 Å². The molecule has 0 aliphatic carbocycles. The first-order valence-electron chi connectivity index (χ1n) is 4.04. The van der Waals surface area contributed by atoms with Crippen molar-refractivity contribution in [3.63, 3.8) is 0 Å². The highest BCUT2D eigenvalue weighted by Crippen LogP contribution is 2.31. The Labute approximate surface area is 80.7 Å². The van der Waals surface area contributed by atoms with E-state index in [1.165, 1.54) is 13.2 Å². The summed E-state index contributed by atoms with van der Waals surface area (Å²) in [6.07, 6.45) is -0.959. The smallest absolute Gasteiger partial charge is 0.194 e. The molecule has 0 fully saturated rings. The van der Waals surface area contributed by atoms with E-state index < -0.39 is 17.7 Å². The van der Waals surface area contributed by atoms with Crippen LogP contribution in [0.4, 0.5) is 4.39 Å². The predicted molar refractivity (Wildman–Crippen MR) is 48.6 cm³/mol. The van der Waals surface area contributed by atoms with Crippen molar-refractivity contribution in [2.75, 3.05) is 13.7 Å². The number of nitrogens with two attached hydrogens (primary N) is 1. The van der Waals surface area contributed by atoms with Gasteiger partial charge in [-0.3, -0.25) is 0 Å². The van der Waals surface area contributed by atoms with Gasteiger partial charge in [-0.15, -0.1) is 0 Å². The summed E-state index contributed by atoms with van der Waals surface area (Å²) in [5.41, 5.74) is 5.49. The fourth-order valence-electron chi connectivity index (χ4n) is 1.08. The monoisotopic (exact) mass is 201 g/mol. The molecule has 0 spiro atoms. The van der Waals surface area contributed by atoms with Gasteiger partial charge < -0.3 is 20.7 Å². The van der Waals surface area contributed by atoms with Crippen LogP contribution in [0.1, 0.15) is 11.7 Å². The van der Waals surface area contributed by atoms with Crippen molar-refractivity contribution in [1.82, 2.24) is 0 Å². The zero-order chi connectivity index (χ0) is 10.7. The third-order valence-corrected chi connectivity index (χ3v) is 1.88. The van der Waals surface area contributed by atoms with Crippen molar-refractivity contribution < 1.29 is 19.3 Å². The molecule has 5 heteroatoms. The van der Waals surface area contributed by atoms with Gasteiger partial charge in [-0.2, -0.15) is 0 Å². The van der Waals surface area contributed by atoms with Gasteiger partial charge in [0, 0.05) is 6.54 Å². The summed E-state index contributed by atoms with van der Waals surface area (Å²) in [4.78, 5) is 0. The minimum absolute atomic E-state index is 0.0205. The normalized spacial score (nSPS) is 12.6. The highest BCUT2D eigenvalue weighted by Gasteiger charge is 2.14. The van der Waals surface area contributed by atoms with E-state index in [4.69, 9.17) is 15.6 Å². The van der Waals surface area contributed by atoms with Gasteiger partial charge in [-0.1, -0.05) is 0 Å². The first-order valence-corrected chi connectivity index (χ1v) is 4.04. The lowest BCUT2D eigenvalue weighted by molar-refractivity contribution is 0.185. The van der Waals surface area contributed by atoms with Crippen LogP contribution in [0.2, 0.25) is 0 Å². The van der Waals surface area contributed by atoms with E-state index >= 15 is 0 Å². The van der Waals surface area contributed by atoms with Gasteiger partial charge in [0.25, 0.3) is 0 Å². The number of rotatable bonds is 3. The zero-order valence-electron chi connectivity index (χ0n) is 7.70. The maximum absolute atomic E-state index is 13.0. The van der Waals surface area contributed by atoms with Crippen molar-refractivity contribution in [3.8, 4) is 11.5 Å². The third kappa shape index (κ3) is 1.94. The highest BCUT2D eigenvalue weighted by atomic mass is 19.1. The largest absolute Gasteiger partial charge is 0.502 e. The first kappa shape index (κ1) is 10.7. The average Bonchev–Trinajstić information content (AvgIpc) is 2.20. The molecular weight excluding hydrogens is 189 g/mol. The number of hydrogen-bond donors (Lipinski definition) is 3. The predicted octanol–water partition coefficient (Wildman–Crippen LogP) is 0.532. The molecule has 0 saturated carbocycles. The molecule has 1 aromatic rings. The van der Waals surface area contributed by atoms with Crippen molar-refractivity contribution in [2.45, 2.75) is 6.10 Å². The Kier molecular flexibility index (Phi) is 3.27. The summed E-state index contributed by atoms with van der Waals surface area (Å²) in [5, 5.41) is 18.5. The zero-order valence-corrected chi connectivity index (χ0v) is 7.70. The Morgan fingerprint density at radius 1 is 1.57 bits per heavy atom. The van der Waals surface area contributed by atoms with E-state index in [1.807, 2.05) is 0 Å². The fraction of sp³-hybridized carbons (Fsp3) is 0.333. The lowest BCUT2D eigenvalue weighted by Gasteiger charge is -2.11. The van der Waals surface area contributed by atoms with Crippen molar-refractivity contribution in [3.05, 3.63) is 23.5 Å². The van der Waals surface area contributed by atoms with Gasteiger partial charge in [-0.25, -0.2) is 4.39 Å². The molecule has 0 aliphatic heterocycles. The standard InChI is InChI=1S/C9H12FNO3/c1-14-8-3-5(7(12)4-11)2-6(10)9(8)13/h2-3,7,12-13H,4,11H2,1H3. The molecule has 1 aromatic carbocycles. The van der Waals surface area contributed by atoms with Crippen LogP contribution >= 0.6 is 0 Å². The Balaban J connectivity index is 3.16. The minimum Gasteiger partial charge on any atom is -0.502 e. The van der Waals surface area contributed by atoms with Crippen molar-refractivity contribution in [2.24, 2.45) is 5.73 Å². The van der Waals surface area contributed by atoms with E-state index in [-0.39, 0.29) is 17.9 Å². The number of benzene rings is 1. The Hall–Kier alpha value is -1.33. The second kappa shape index (κ2) is 4.26. The molecule has 14 heavy (non-hydrogen) atoms. The van der Waals surface area contributed by atoms with E-state index in [2.05, 4.69) is 0 Å². The van der Waals surface area contributed by atoms with Crippen LogP contribution in [0.15, 0.2) is 12.1 Å². The highest BCUT2D eigenvalue weighted by molar-refractivity contribution is 5.43. The summed E-state index contributed by atoms with van der Waals surface area (Å²) in [6, 6.07) is 2.37. The number of methoxy groups -OCH3 is 1. The number of halogens is 1. The summed E-state index contributed by atoms with van der Waals surface area (Å²) < 4.78 is 17.8. The molecule has 4 N–H and O–H groups in total. The third-order valence-electron chi connectivity index (χ3n) is 1.88. The van der Waals surface area contributed by atoms with Gasteiger partial charge in [0.2, 0.25) is 0 Å². The molecule has 1 unspecified atom stereocenters. The van der Waals surface area contributed by atoms with Crippen LogP contribution in [0.25, 0.3) is 0 Å². The summed E-state index contributed by atoms with van der Waals surface area (Å²) in [6.45, 7) is -0.0205. The number of hydrogen-bond acceptors (Lipinski definition) is 4. The summed E-state index contributed by atoms with van der Waals surface area (Å²) in [5.74, 6) is -1.43. The lowest BCUT2D eigenvalue weighted by atomic mass is 10.1. The SMILES string of the molecule is COc1cc(C(O)CN)cc(F)c1O. The van der Waals surface area contributed by atoms with Gasteiger partial charge in [-0.05, 0) is 17.7 Å². The van der Waals surface area contributed by atoms with Crippen LogP contribution in [0.5, 0.6) is 11.5 Å². The number of aliphatic hydroxyl groups is 1. The second-order valence-corrected chi connectivity index (χ2v) is 2.81. The Morgan fingerprint density at radius 3 is 2.71 bits per heavy atom. The quantitative estimate of drug-likeness (QED) is 0.666. The lowest BCUT2D eigenvalue weighted by Crippen LogP contribution is -2.11. The Morgan fingerprint density at radius 2 is 2.21 bits per heavy atom. The van der Waals surface area contributed by atoms with E-state index in [9.17, 15) is 9.50 Å². The Bertz CT molecular complexity index is 330. The molecular formula is C9H12FNO3. The first-order chi connectivity index (χ1) is 6.60. The van der Waals surface area contributed by atoms with E-state index in [1.54, 1.807) is 0 Å². The molecule has 0 heterocycles. The molecule has 4 nitrogen and oxygen atoms in total. The van der Waals surface area contributed by atoms with Crippen molar-refractivity contribution in [1.29, 1.82) is 0 Å². The number of phenols is 1. The van der Waals surface area contributed by atoms with Crippen molar-refractivity contribution >= 4 is 0 Å². The van der Waals surface area contributed by atoms with Gasteiger partial charge >= 0.3 is 0 Å². The van der Waals surface area contributed by atoms with Crippen LogP contribution < -0.4 is 10.5 Å². The summed E-state index contributed by atoms with van der Waals surface area (Å²) >= 11 is 0. The molecule has 1 atom stereocenters. The number of phenolic OH excluding ortho intramolecular Hbond substituents is 1. The van der Waals surface area contributed by atoms with E-state index in [0.29, 0.717) is 0 Å². The minimum atomic E-state index is -0.959. The van der Waals surface area contributed by atoms with Gasteiger partial charge in [0.1, 0.15) is 0 Å². The van der Waals surface area contributed by atoms with E-state index in [0.717, 1.165) is 6.07 Å². The molecule has 0 radical (unpaired) electrons. The number of ether oxygens (including phenoxy) is 1. The fourth-order valence-corrected chi connectivity index (χ4v) is 1.08. The molecule has 0 saturated heterocycles. The average molecular weight is 201 g/mol. The summed E-state index contributed by atoms with van der Waals surface area (Å²) in [7, 11) is 1.30. The molecule has 0 bridgehead atoms. The van der Waals surface area contributed by atoms with Gasteiger partial charge in [0.15, 0.2) is 17.3 Å². The van der Waals surface area contributed by atoms with Crippen LogP contribution in [0, 0.1) is 5.82 Å². The molecule has 0 aliphatic rings. The maximum atomic E-state index is 13.0.